The molecule has 14 heavy (non-hydrogen) atoms. The van der Waals surface area contributed by atoms with E-state index in [0.29, 0.717) is 0 Å². The third kappa shape index (κ3) is 17.6. The molecule has 0 saturated heterocycles. The van der Waals surface area contributed by atoms with E-state index in [1.165, 1.54) is 12.8 Å². The van der Waals surface area contributed by atoms with Crippen LogP contribution in [0, 0.1) is 0 Å². The molecule has 0 radical (unpaired) electrons. The molecule has 0 unspecified atom stereocenters. The van der Waals surface area contributed by atoms with Crippen LogP contribution >= 0.6 is 0 Å². The van der Waals surface area contributed by atoms with Crippen LogP contribution in [0.4, 0.5) is 0 Å². The molecule has 0 saturated carbocycles. The second-order valence-electron chi connectivity index (χ2n) is 2.30. The number of unbranched alkanes of at least 4 members (excludes halogenated alkanes) is 1. The molecule has 0 aromatic rings. The monoisotopic (exact) mass is 214 g/mol. The maximum atomic E-state index is 9.97. The van der Waals surface area contributed by atoms with Gasteiger partial charge in [-0.2, -0.15) is 0 Å². The average Bonchev–Trinajstić information content (AvgIpc) is 2.03. The molecule has 78 valence electrons. The Balaban J connectivity index is -0.000000209. The van der Waals surface area contributed by atoms with Gasteiger partial charge in [-0.15, -0.1) is 0 Å². The van der Waals surface area contributed by atoms with Crippen molar-refractivity contribution in [3.63, 3.8) is 0 Å². The summed E-state index contributed by atoms with van der Waals surface area (Å²) in [7, 11) is 0. The van der Waals surface area contributed by atoms with Crippen LogP contribution in [0.15, 0.2) is 0 Å². The Morgan fingerprint density at radius 1 is 1.00 bits per heavy atom. The molecule has 0 aliphatic carbocycles. The summed E-state index contributed by atoms with van der Waals surface area (Å²) >= 11 is 0. The van der Waals surface area contributed by atoms with Crippen LogP contribution in [0.3, 0.4) is 0 Å². The predicted molar refractivity (Wildman–Crippen MR) is 52.6 cm³/mol. The van der Waals surface area contributed by atoms with Crippen LogP contribution in [-0.2, 0) is 14.4 Å². The van der Waals surface area contributed by atoms with Crippen molar-refractivity contribution in [1.82, 2.24) is 0 Å². The third-order valence-corrected chi connectivity index (χ3v) is 1.05. The first kappa shape index (κ1) is 19.2. The summed E-state index contributed by atoms with van der Waals surface area (Å²) in [6.45, 7) is 4.36. The van der Waals surface area contributed by atoms with Crippen LogP contribution in [-0.4, -0.2) is 57.5 Å². The number of ketones is 1. The number of rotatable bonds is 4. The molecule has 0 bridgehead atoms. The molecule has 0 aliphatic rings. The van der Waals surface area contributed by atoms with Gasteiger partial charge < -0.3 is 10.2 Å². The molecular formula is C8H15NaO5. The Morgan fingerprint density at radius 2 is 1.36 bits per heavy atom. The first-order chi connectivity index (χ1) is 5.95. The van der Waals surface area contributed by atoms with Gasteiger partial charge in [-0.05, 0) is 0 Å². The minimum atomic E-state index is -1.71. The summed E-state index contributed by atoms with van der Waals surface area (Å²) in [6, 6.07) is 0. The number of carbonyl (C=O) groups excluding carboxylic acids is 1. The predicted octanol–water partition coefficient (Wildman–Crippen LogP) is 0.273. The van der Waals surface area contributed by atoms with Gasteiger partial charge in [0.2, 0.25) is 0 Å². The number of Topliss-reactive ketones (excluding diaryl/α,β-unsaturated/α-hetero) is 1. The summed E-state index contributed by atoms with van der Waals surface area (Å²) in [4.78, 5) is 29.2. The maximum absolute atomic E-state index is 9.97. The van der Waals surface area contributed by atoms with Crippen molar-refractivity contribution in [3.05, 3.63) is 0 Å². The fraction of sp³-hybridized carbons (Fsp3) is 0.625. The molecule has 2 N–H and O–H groups in total. The Kier molecular flexibility index (Phi) is 17.3. The first-order valence-electron chi connectivity index (χ1n) is 3.93. The molecule has 0 atom stereocenters. The quantitative estimate of drug-likeness (QED) is 0.398. The molecule has 5 nitrogen and oxygen atoms in total. The number of hydrogen-bond donors (Lipinski definition) is 2. The molecule has 0 fully saturated rings. The number of aliphatic carboxylic acids is 2. The molecule has 0 amide bonds. The topological polar surface area (TPSA) is 91.7 Å². The summed E-state index contributed by atoms with van der Waals surface area (Å²) in [5.74, 6) is -4.44. The van der Waals surface area contributed by atoms with Crippen molar-refractivity contribution in [3.8, 4) is 0 Å². The average molecular weight is 214 g/mol. The second-order valence-corrected chi connectivity index (χ2v) is 2.30. The van der Waals surface area contributed by atoms with Crippen LogP contribution in [0.2, 0.25) is 0 Å². The van der Waals surface area contributed by atoms with Crippen LogP contribution < -0.4 is 0 Å². The van der Waals surface area contributed by atoms with Gasteiger partial charge in [0.25, 0.3) is 5.78 Å². The summed E-state index contributed by atoms with van der Waals surface area (Å²) in [5, 5.41) is 15.7. The molecule has 0 aromatic heterocycles. The fourth-order valence-corrected chi connectivity index (χ4v) is 0.213. The van der Waals surface area contributed by atoms with E-state index in [9.17, 15) is 14.4 Å². The van der Waals surface area contributed by atoms with Crippen molar-refractivity contribution in [2.75, 3.05) is 0 Å². The number of carboxylic acid groups (broad SMARTS) is 2. The zero-order chi connectivity index (χ0) is 10.9. The van der Waals surface area contributed by atoms with Gasteiger partial charge in [0.15, 0.2) is 0 Å². The normalized spacial score (nSPS) is 7.57. The van der Waals surface area contributed by atoms with Crippen molar-refractivity contribution in [2.45, 2.75) is 33.1 Å². The van der Waals surface area contributed by atoms with Gasteiger partial charge in [0.1, 0.15) is 6.42 Å². The van der Waals surface area contributed by atoms with Gasteiger partial charge in [-0.1, -0.05) is 26.7 Å². The molecule has 0 aromatic carbocycles. The molecule has 0 heterocycles. The molecule has 0 aliphatic heterocycles. The molecule has 0 spiro atoms. The van der Waals surface area contributed by atoms with E-state index in [0.717, 1.165) is 0 Å². The number of hydrogen-bond acceptors (Lipinski definition) is 3. The number of carbonyl (C=O) groups is 3. The summed E-state index contributed by atoms with van der Waals surface area (Å²) in [5.41, 5.74) is 0. The molecule has 0 rings (SSSR count). The molecular weight excluding hydrogens is 199 g/mol. The Bertz CT molecular complexity index is 188. The summed E-state index contributed by atoms with van der Waals surface area (Å²) in [6.07, 6.45) is 1.69. The van der Waals surface area contributed by atoms with Crippen molar-refractivity contribution in [1.29, 1.82) is 0 Å². The summed E-state index contributed by atoms with van der Waals surface area (Å²) < 4.78 is 0. The van der Waals surface area contributed by atoms with Gasteiger partial charge in [0, 0.05) is 0 Å². The van der Waals surface area contributed by atoms with Crippen molar-refractivity contribution < 1.29 is 24.6 Å². The van der Waals surface area contributed by atoms with E-state index < -0.39 is 24.1 Å². The van der Waals surface area contributed by atoms with Crippen LogP contribution in [0.25, 0.3) is 0 Å². The Labute approximate surface area is 105 Å². The standard InChI is InChI=1S/C4H4O5.C4H10.Na.H/c5-2(4(8)9)1-3(6)7;1-3-4-2;;/h1H2,(H,6,7)(H,8,9);3-4H2,1-2H3;;. The zero-order valence-electron chi connectivity index (χ0n) is 7.74. The van der Waals surface area contributed by atoms with E-state index in [-0.39, 0.29) is 29.6 Å². The zero-order valence-corrected chi connectivity index (χ0v) is 7.74. The van der Waals surface area contributed by atoms with E-state index in [1.54, 1.807) is 0 Å². The van der Waals surface area contributed by atoms with Crippen LogP contribution in [0.1, 0.15) is 33.1 Å². The van der Waals surface area contributed by atoms with Gasteiger partial charge in [-0.3, -0.25) is 9.59 Å². The van der Waals surface area contributed by atoms with E-state index in [2.05, 4.69) is 13.8 Å². The Morgan fingerprint density at radius 3 is 1.43 bits per heavy atom. The third-order valence-electron chi connectivity index (χ3n) is 1.05. The van der Waals surface area contributed by atoms with Gasteiger partial charge >= 0.3 is 41.5 Å². The van der Waals surface area contributed by atoms with Gasteiger partial charge in [0.05, 0.1) is 0 Å². The van der Waals surface area contributed by atoms with Crippen LogP contribution in [0.5, 0.6) is 0 Å². The van der Waals surface area contributed by atoms with Crippen molar-refractivity contribution in [2.24, 2.45) is 0 Å². The van der Waals surface area contributed by atoms with Crippen molar-refractivity contribution >= 4 is 47.3 Å². The van der Waals surface area contributed by atoms with E-state index >= 15 is 0 Å². The van der Waals surface area contributed by atoms with E-state index in [1.807, 2.05) is 0 Å². The minimum absolute atomic E-state index is 0. The molecule has 6 heteroatoms. The van der Waals surface area contributed by atoms with Gasteiger partial charge in [-0.25, -0.2) is 4.79 Å². The van der Waals surface area contributed by atoms with E-state index in [4.69, 9.17) is 10.2 Å². The second kappa shape index (κ2) is 12.6. The Hall–Kier alpha value is -0.390. The number of carboxylic acids is 2. The fourth-order valence-electron chi connectivity index (χ4n) is 0.213. The first-order valence-corrected chi connectivity index (χ1v) is 3.93. The SMILES string of the molecule is CCCC.O=C(O)CC(=O)C(=O)O.[NaH].